The van der Waals surface area contributed by atoms with Gasteiger partial charge in [0.05, 0.1) is 11.4 Å². The van der Waals surface area contributed by atoms with E-state index in [9.17, 15) is 0 Å². The molecule has 86 valence electrons. The van der Waals surface area contributed by atoms with Gasteiger partial charge in [0.25, 0.3) is 0 Å². The van der Waals surface area contributed by atoms with E-state index in [0.29, 0.717) is 10.6 Å². The molecule has 0 bridgehead atoms. The molecule has 2 rings (SSSR count). The molecule has 5 heteroatoms. The summed E-state index contributed by atoms with van der Waals surface area (Å²) in [4.78, 5) is 1.60. The molecule has 0 radical (unpaired) electrons. The normalized spacial score (nSPS) is 10.9. The van der Waals surface area contributed by atoms with Gasteiger partial charge in [0.1, 0.15) is 0 Å². The molecule has 0 saturated carbocycles. The molecule has 0 spiro atoms. The van der Waals surface area contributed by atoms with Crippen LogP contribution in [-0.4, -0.2) is 0 Å². The van der Waals surface area contributed by atoms with E-state index in [1.54, 1.807) is 18.2 Å². The summed E-state index contributed by atoms with van der Waals surface area (Å²) < 4.78 is 0. The minimum absolute atomic E-state index is 0.631. The fourth-order valence-corrected chi connectivity index (χ4v) is 1.58. The smallest absolute Gasteiger partial charge is 0.0869 e. The van der Waals surface area contributed by atoms with Crippen LogP contribution in [0.25, 0.3) is 0 Å². The van der Waals surface area contributed by atoms with Crippen molar-refractivity contribution in [3.05, 3.63) is 42.5 Å². The number of hydrogen-bond donors (Lipinski definition) is 3. The summed E-state index contributed by atoms with van der Waals surface area (Å²) in [5.74, 6) is 0. The van der Waals surface area contributed by atoms with Crippen LogP contribution in [0.3, 0.4) is 0 Å². The Labute approximate surface area is 111 Å². The Hall–Kier alpha value is -1.46. The van der Waals surface area contributed by atoms with Crippen LogP contribution in [0.4, 0.5) is 17.1 Å². The van der Waals surface area contributed by atoms with E-state index in [2.05, 4.69) is 35.5 Å². The quantitative estimate of drug-likeness (QED) is 0.422. The van der Waals surface area contributed by atoms with Crippen molar-refractivity contribution in [1.29, 1.82) is 0 Å². The summed E-state index contributed by atoms with van der Waals surface area (Å²) in [6, 6.07) is 12.8. The molecule has 3 nitrogen and oxygen atoms in total. The lowest BCUT2D eigenvalue weighted by molar-refractivity contribution is 1.21. The zero-order valence-corrected chi connectivity index (χ0v) is 10.7. The van der Waals surface area contributed by atoms with Crippen LogP contribution in [0.2, 0.25) is 0 Å². The number of nitrogen functional groups attached to an aromatic ring is 1. The Kier molecular flexibility index (Phi) is 3.71. The zero-order chi connectivity index (χ0) is 12.3. The Balaban J connectivity index is 2.20. The predicted octanol–water partition coefficient (Wildman–Crippen LogP) is 4.26. The predicted molar refractivity (Wildman–Crippen MR) is 76.0 cm³/mol. The van der Waals surface area contributed by atoms with E-state index in [-0.39, 0.29) is 0 Å². The number of nitrogens with two attached hydrogens (primary N) is 1. The van der Waals surface area contributed by atoms with Crippen LogP contribution in [-0.2, 0) is 0 Å². The van der Waals surface area contributed by atoms with E-state index in [1.807, 2.05) is 24.3 Å². The first-order chi connectivity index (χ1) is 8.15. The second-order valence-electron chi connectivity index (χ2n) is 3.46. The van der Waals surface area contributed by atoms with Gasteiger partial charge in [-0.25, -0.2) is 0 Å². The number of anilines is 1. The van der Waals surface area contributed by atoms with Gasteiger partial charge in [-0.15, -0.1) is 25.3 Å². The summed E-state index contributed by atoms with van der Waals surface area (Å²) in [6.45, 7) is 0. The van der Waals surface area contributed by atoms with Crippen LogP contribution in [0.5, 0.6) is 0 Å². The molecule has 2 N–H and O–H groups in total. The summed E-state index contributed by atoms with van der Waals surface area (Å²) in [6.07, 6.45) is 0. The van der Waals surface area contributed by atoms with Gasteiger partial charge in [-0.1, -0.05) is 0 Å². The second-order valence-corrected chi connectivity index (χ2v) is 4.46. The summed E-state index contributed by atoms with van der Waals surface area (Å²) in [5.41, 5.74) is 7.79. The molecule has 0 aliphatic rings. The van der Waals surface area contributed by atoms with Crippen LogP contribution in [0.1, 0.15) is 0 Å². The fraction of sp³-hybridized carbons (Fsp3) is 0. The molecule has 0 aromatic heterocycles. The van der Waals surface area contributed by atoms with Gasteiger partial charge >= 0.3 is 0 Å². The highest BCUT2D eigenvalue weighted by Crippen LogP contribution is 2.25. The highest BCUT2D eigenvalue weighted by Gasteiger charge is 1.96. The number of hydrogen-bond acceptors (Lipinski definition) is 5. The molecule has 0 fully saturated rings. The molecule has 0 unspecified atom stereocenters. The molecule has 0 amide bonds. The maximum atomic E-state index is 5.66. The third-order valence-electron chi connectivity index (χ3n) is 2.14. The fourth-order valence-electron chi connectivity index (χ4n) is 1.23. The van der Waals surface area contributed by atoms with Crippen molar-refractivity contribution in [2.75, 3.05) is 5.73 Å². The lowest BCUT2D eigenvalue weighted by atomic mass is 10.3. The largest absolute Gasteiger partial charge is 0.398 e. The molecule has 0 atom stereocenters. The maximum absolute atomic E-state index is 5.66. The van der Waals surface area contributed by atoms with E-state index in [1.165, 1.54) is 0 Å². The van der Waals surface area contributed by atoms with Gasteiger partial charge in [-0.3, -0.25) is 0 Å². The average Bonchev–Trinajstić information content (AvgIpc) is 2.33. The third kappa shape index (κ3) is 3.25. The van der Waals surface area contributed by atoms with Crippen LogP contribution < -0.4 is 5.73 Å². The number of benzene rings is 2. The van der Waals surface area contributed by atoms with E-state index in [0.717, 1.165) is 16.3 Å². The molecule has 17 heavy (non-hydrogen) atoms. The van der Waals surface area contributed by atoms with Gasteiger partial charge in [-0.2, -0.15) is 10.2 Å². The lowest BCUT2D eigenvalue weighted by Gasteiger charge is -1.99. The third-order valence-corrected chi connectivity index (χ3v) is 2.83. The van der Waals surface area contributed by atoms with Crippen molar-refractivity contribution in [1.82, 2.24) is 0 Å². The molecular weight excluding hydrogens is 250 g/mol. The summed E-state index contributed by atoms with van der Waals surface area (Å²) in [7, 11) is 0. The number of nitrogens with zero attached hydrogens (tertiary/aromatic N) is 2. The highest BCUT2D eigenvalue weighted by molar-refractivity contribution is 7.80. The summed E-state index contributed by atoms with van der Waals surface area (Å²) in [5, 5.41) is 8.21. The van der Waals surface area contributed by atoms with Crippen molar-refractivity contribution in [2.45, 2.75) is 9.79 Å². The van der Waals surface area contributed by atoms with Gasteiger partial charge < -0.3 is 5.73 Å². The zero-order valence-electron chi connectivity index (χ0n) is 8.91. The lowest BCUT2D eigenvalue weighted by Crippen LogP contribution is -1.84. The Morgan fingerprint density at radius 1 is 0.824 bits per heavy atom. The molecule has 0 aliphatic heterocycles. The number of thiol groups is 2. The minimum Gasteiger partial charge on any atom is -0.398 e. The first kappa shape index (κ1) is 12.0. The standard InChI is InChI=1S/C12H11N3S2/c13-11-6-3-9(7-12(11)17)15-14-8-1-4-10(16)5-2-8/h1-7,16-17H,13H2. The molecule has 2 aromatic rings. The molecule has 0 saturated heterocycles. The SMILES string of the molecule is Nc1ccc(N=Nc2ccc(S)cc2)cc1S. The van der Waals surface area contributed by atoms with Crippen molar-refractivity contribution >= 4 is 42.3 Å². The topological polar surface area (TPSA) is 50.7 Å². The first-order valence-corrected chi connectivity index (χ1v) is 5.84. The van der Waals surface area contributed by atoms with Gasteiger partial charge in [0.2, 0.25) is 0 Å². The van der Waals surface area contributed by atoms with Crippen molar-refractivity contribution in [2.24, 2.45) is 10.2 Å². The number of azo groups is 1. The van der Waals surface area contributed by atoms with Crippen LogP contribution in [0.15, 0.2) is 62.5 Å². The van der Waals surface area contributed by atoms with Crippen molar-refractivity contribution < 1.29 is 0 Å². The van der Waals surface area contributed by atoms with E-state index in [4.69, 9.17) is 5.73 Å². The highest BCUT2D eigenvalue weighted by atomic mass is 32.1. The van der Waals surface area contributed by atoms with Crippen LogP contribution in [0, 0.1) is 0 Å². The first-order valence-electron chi connectivity index (χ1n) is 4.94. The second kappa shape index (κ2) is 5.25. The summed E-state index contributed by atoms with van der Waals surface area (Å²) >= 11 is 8.42. The van der Waals surface area contributed by atoms with Crippen LogP contribution >= 0.6 is 25.3 Å². The van der Waals surface area contributed by atoms with E-state index >= 15 is 0 Å². The van der Waals surface area contributed by atoms with E-state index < -0.39 is 0 Å². The molecule has 0 aliphatic carbocycles. The average molecular weight is 261 g/mol. The maximum Gasteiger partial charge on any atom is 0.0869 e. The Morgan fingerprint density at radius 3 is 2.06 bits per heavy atom. The number of rotatable bonds is 2. The van der Waals surface area contributed by atoms with Gasteiger partial charge in [-0.05, 0) is 42.5 Å². The minimum atomic E-state index is 0.631. The molecule has 2 aromatic carbocycles. The van der Waals surface area contributed by atoms with Crippen molar-refractivity contribution in [3.8, 4) is 0 Å². The Bertz CT molecular complexity index is 550. The van der Waals surface area contributed by atoms with Crippen molar-refractivity contribution in [3.63, 3.8) is 0 Å². The van der Waals surface area contributed by atoms with Gasteiger partial charge in [0, 0.05) is 15.5 Å². The monoisotopic (exact) mass is 261 g/mol. The molecular formula is C12H11N3S2. The van der Waals surface area contributed by atoms with Gasteiger partial charge in [0.15, 0.2) is 0 Å². The molecule has 0 heterocycles. The Morgan fingerprint density at radius 2 is 1.41 bits per heavy atom.